The highest BCUT2D eigenvalue weighted by Crippen LogP contribution is 2.42. The molecule has 1 unspecified atom stereocenters. The van der Waals surface area contributed by atoms with Crippen LogP contribution >= 0.6 is 11.6 Å². The van der Waals surface area contributed by atoms with Gasteiger partial charge >= 0.3 is 0 Å². The quantitative estimate of drug-likeness (QED) is 0.812. The highest BCUT2D eigenvalue weighted by atomic mass is 35.5. The van der Waals surface area contributed by atoms with Crippen molar-refractivity contribution in [3.63, 3.8) is 0 Å². The summed E-state index contributed by atoms with van der Waals surface area (Å²) in [7, 11) is 0. The van der Waals surface area contributed by atoms with E-state index in [2.05, 4.69) is 13.0 Å². The third-order valence-electron chi connectivity index (χ3n) is 2.99. The Bertz CT molecular complexity index is 331. The van der Waals surface area contributed by atoms with E-state index in [9.17, 15) is 0 Å². The van der Waals surface area contributed by atoms with Gasteiger partial charge in [0.25, 0.3) is 0 Å². The minimum atomic E-state index is 0.152. The molecule has 1 aromatic carbocycles. The van der Waals surface area contributed by atoms with Gasteiger partial charge in [0.2, 0.25) is 0 Å². The molecule has 1 atom stereocenters. The van der Waals surface area contributed by atoms with Gasteiger partial charge in [-0.1, -0.05) is 30.7 Å². The molecule has 0 spiro atoms. The number of benzene rings is 1. The van der Waals surface area contributed by atoms with Crippen LogP contribution in [-0.2, 0) is 6.42 Å². The van der Waals surface area contributed by atoms with E-state index < -0.39 is 0 Å². The van der Waals surface area contributed by atoms with Gasteiger partial charge in [0.05, 0.1) is 0 Å². The van der Waals surface area contributed by atoms with Gasteiger partial charge in [-0.3, -0.25) is 0 Å². The first kappa shape index (κ1) is 10.0. The molecular weight excluding hydrogens is 194 g/mol. The van der Waals surface area contributed by atoms with Crippen LogP contribution in [0.15, 0.2) is 18.2 Å². The predicted molar refractivity (Wildman–Crippen MR) is 60.5 cm³/mol. The van der Waals surface area contributed by atoms with Gasteiger partial charge in [0.15, 0.2) is 0 Å². The normalized spacial score (nSPS) is 18.2. The zero-order chi connectivity index (χ0) is 10.1. The summed E-state index contributed by atoms with van der Waals surface area (Å²) < 4.78 is 0. The average molecular weight is 210 g/mol. The first-order chi connectivity index (χ1) is 6.74. The van der Waals surface area contributed by atoms with Crippen LogP contribution in [0.2, 0.25) is 5.02 Å². The lowest BCUT2D eigenvalue weighted by Gasteiger charge is -2.16. The number of rotatable bonds is 3. The van der Waals surface area contributed by atoms with Crippen LogP contribution in [0.5, 0.6) is 0 Å². The summed E-state index contributed by atoms with van der Waals surface area (Å²) in [5.74, 6) is 0.667. The van der Waals surface area contributed by atoms with Crippen LogP contribution in [0.1, 0.15) is 36.9 Å². The smallest absolute Gasteiger partial charge is 0.0456 e. The molecule has 1 saturated carbocycles. The Kier molecular flexibility index (Phi) is 2.80. The molecular formula is C12H16ClN. The van der Waals surface area contributed by atoms with Crippen molar-refractivity contribution < 1.29 is 0 Å². The van der Waals surface area contributed by atoms with Crippen LogP contribution in [-0.4, -0.2) is 0 Å². The molecule has 0 aromatic heterocycles. The number of halogens is 1. The van der Waals surface area contributed by atoms with Gasteiger partial charge in [-0.15, -0.1) is 0 Å². The van der Waals surface area contributed by atoms with Crippen molar-refractivity contribution >= 4 is 11.6 Å². The summed E-state index contributed by atoms with van der Waals surface area (Å²) in [6, 6.07) is 6.23. The molecule has 2 rings (SSSR count). The van der Waals surface area contributed by atoms with Crippen LogP contribution in [0, 0.1) is 5.92 Å². The molecule has 0 bridgehead atoms. The molecule has 1 fully saturated rings. The Hall–Kier alpha value is -0.530. The van der Waals surface area contributed by atoms with Crippen LogP contribution in [0.4, 0.5) is 0 Å². The van der Waals surface area contributed by atoms with Crippen molar-refractivity contribution in [2.24, 2.45) is 11.7 Å². The molecule has 1 aliphatic carbocycles. The Balaban J connectivity index is 2.37. The summed E-state index contributed by atoms with van der Waals surface area (Å²) in [6.45, 7) is 2.15. The van der Waals surface area contributed by atoms with Gasteiger partial charge in [0, 0.05) is 11.1 Å². The van der Waals surface area contributed by atoms with Crippen molar-refractivity contribution in [2.75, 3.05) is 0 Å². The molecule has 0 aliphatic heterocycles. The van der Waals surface area contributed by atoms with E-state index in [1.165, 1.54) is 24.0 Å². The highest BCUT2D eigenvalue weighted by molar-refractivity contribution is 6.31. The lowest BCUT2D eigenvalue weighted by atomic mass is 9.96. The molecule has 1 aliphatic rings. The van der Waals surface area contributed by atoms with Gasteiger partial charge in [-0.2, -0.15) is 0 Å². The third-order valence-corrected chi connectivity index (χ3v) is 3.32. The standard InChI is InChI=1S/C12H16ClN/c1-2-8-4-3-5-10(13)11(8)12(14)9-6-7-9/h3-5,9,12H,2,6-7,14H2,1H3. The van der Waals surface area contributed by atoms with E-state index >= 15 is 0 Å². The van der Waals surface area contributed by atoms with E-state index in [1.807, 2.05) is 12.1 Å². The van der Waals surface area contributed by atoms with E-state index in [4.69, 9.17) is 17.3 Å². The Labute approximate surface area is 90.3 Å². The lowest BCUT2D eigenvalue weighted by molar-refractivity contribution is 0.627. The second-order valence-electron chi connectivity index (χ2n) is 4.03. The molecule has 1 aromatic rings. The number of aryl methyl sites for hydroxylation is 1. The van der Waals surface area contributed by atoms with Gasteiger partial charge in [-0.25, -0.2) is 0 Å². The molecule has 0 radical (unpaired) electrons. The zero-order valence-electron chi connectivity index (χ0n) is 8.46. The first-order valence-corrected chi connectivity index (χ1v) is 5.64. The van der Waals surface area contributed by atoms with Crippen LogP contribution in [0.3, 0.4) is 0 Å². The van der Waals surface area contributed by atoms with Crippen molar-refractivity contribution in [1.82, 2.24) is 0 Å². The minimum Gasteiger partial charge on any atom is -0.324 e. The molecule has 2 heteroatoms. The van der Waals surface area contributed by atoms with Crippen LogP contribution in [0.25, 0.3) is 0 Å². The second kappa shape index (κ2) is 3.92. The monoisotopic (exact) mass is 209 g/mol. The summed E-state index contributed by atoms with van der Waals surface area (Å²) in [4.78, 5) is 0. The van der Waals surface area contributed by atoms with Gasteiger partial charge in [0.1, 0.15) is 0 Å². The Morgan fingerprint density at radius 1 is 1.50 bits per heavy atom. The molecule has 2 N–H and O–H groups in total. The van der Waals surface area contributed by atoms with Crippen molar-refractivity contribution in [2.45, 2.75) is 32.2 Å². The van der Waals surface area contributed by atoms with Gasteiger partial charge < -0.3 is 5.73 Å². The van der Waals surface area contributed by atoms with Crippen LogP contribution < -0.4 is 5.73 Å². The summed E-state index contributed by atoms with van der Waals surface area (Å²) in [5.41, 5.74) is 8.68. The van der Waals surface area contributed by atoms with E-state index in [0.29, 0.717) is 5.92 Å². The number of hydrogen-bond donors (Lipinski definition) is 1. The number of hydrogen-bond acceptors (Lipinski definition) is 1. The molecule has 76 valence electrons. The molecule has 1 nitrogen and oxygen atoms in total. The maximum absolute atomic E-state index is 6.19. The molecule has 0 saturated heterocycles. The SMILES string of the molecule is CCc1cccc(Cl)c1C(N)C1CC1. The molecule has 0 heterocycles. The third kappa shape index (κ3) is 1.79. The summed E-state index contributed by atoms with van der Waals surface area (Å²) in [5, 5.41) is 0.837. The van der Waals surface area contributed by atoms with E-state index in [-0.39, 0.29) is 6.04 Å². The molecule has 0 amide bonds. The van der Waals surface area contributed by atoms with Crippen molar-refractivity contribution in [3.8, 4) is 0 Å². The highest BCUT2D eigenvalue weighted by Gasteiger charge is 2.31. The summed E-state index contributed by atoms with van der Waals surface area (Å²) >= 11 is 6.19. The topological polar surface area (TPSA) is 26.0 Å². The fourth-order valence-electron chi connectivity index (χ4n) is 1.95. The zero-order valence-corrected chi connectivity index (χ0v) is 9.22. The Morgan fingerprint density at radius 3 is 2.79 bits per heavy atom. The first-order valence-electron chi connectivity index (χ1n) is 5.27. The fraction of sp³-hybridized carbons (Fsp3) is 0.500. The van der Waals surface area contributed by atoms with Crippen molar-refractivity contribution in [1.29, 1.82) is 0 Å². The molecule has 14 heavy (non-hydrogen) atoms. The summed E-state index contributed by atoms with van der Waals surface area (Å²) in [6.07, 6.45) is 3.53. The lowest BCUT2D eigenvalue weighted by Crippen LogP contribution is -2.15. The average Bonchev–Trinajstić information content (AvgIpc) is 2.99. The Morgan fingerprint density at radius 2 is 2.21 bits per heavy atom. The predicted octanol–water partition coefficient (Wildman–Crippen LogP) is 3.31. The van der Waals surface area contributed by atoms with E-state index in [0.717, 1.165) is 11.4 Å². The fourth-order valence-corrected chi connectivity index (χ4v) is 2.27. The second-order valence-corrected chi connectivity index (χ2v) is 4.44. The maximum atomic E-state index is 6.19. The van der Waals surface area contributed by atoms with E-state index in [1.54, 1.807) is 0 Å². The minimum absolute atomic E-state index is 0.152. The number of nitrogens with two attached hydrogens (primary N) is 1. The maximum Gasteiger partial charge on any atom is 0.0456 e. The van der Waals surface area contributed by atoms with Gasteiger partial charge in [-0.05, 0) is 42.4 Å². The largest absolute Gasteiger partial charge is 0.324 e. The van der Waals surface area contributed by atoms with Crippen molar-refractivity contribution in [3.05, 3.63) is 34.3 Å².